The van der Waals surface area contributed by atoms with Crippen molar-refractivity contribution in [3.05, 3.63) is 35.0 Å². The lowest BCUT2D eigenvalue weighted by Gasteiger charge is -2.04. The number of hydrogen-bond acceptors (Lipinski definition) is 3. The van der Waals surface area contributed by atoms with Crippen molar-refractivity contribution < 1.29 is 0 Å². The van der Waals surface area contributed by atoms with Gasteiger partial charge in [-0.3, -0.25) is 0 Å². The summed E-state index contributed by atoms with van der Waals surface area (Å²) < 4.78 is 1.71. The SMILES string of the molecule is CCCc1nc(Cl)cc(-n2ccc(C)n2)n1. The van der Waals surface area contributed by atoms with Gasteiger partial charge in [-0.25, -0.2) is 14.6 Å². The van der Waals surface area contributed by atoms with Gasteiger partial charge in [0, 0.05) is 18.7 Å². The standard InChI is InChI=1S/C11H13ClN4/c1-3-4-10-13-9(12)7-11(14-10)16-6-5-8(2)15-16/h5-7H,3-4H2,1-2H3. The van der Waals surface area contributed by atoms with E-state index in [4.69, 9.17) is 11.6 Å². The second-order valence-electron chi connectivity index (χ2n) is 3.62. The molecule has 0 saturated carbocycles. The van der Waals surface area contributed by atoms with E-state index in [-0.39, 0.29) is 0 Å². The second-order valence-corrected chi connectivity index (χ2v) is 4.00. The Morgan fingerprint density at radius 1 is 1.38 bits per heavy atom. The van der Waals surface area contributed by atoms with Gasteiger partial charge in [-0.2, -0.15) is 5.10 Å². The molecule has 4 nitrogen and oxygen atoms in total. The summed E-state index contributed by atoms with van der Waals surface area (Å²) in [6.45, 7) is 4.02. The second kappa shape index (κ2) is 4.61. The summed E-state index contributed by atoms with van der Waals surface area (Å²) in [5, 5.41) is 4.75. The molecule has 0 atom stereocenters. The number of hydrogen-bond donors (Lipinski definition) is 0. The topological polar surface area (TPSA) is 43.6 Å². The van der Waals surface area contributed by atoms with E-state index in [0.717, 1.165) is 30.2 Å². The maximum absolute atomic E-state index is 5.95. The van der Waals surface area contributed by atoms with E-state index in [9.17, 15) is 0 Å². The Morgan fingerprint density at radius 3 is 2.81 bits per heavy atom. The Bertz CT molecular complexity index is 492. The van der Waals surface area contributed by atoms with Crippen LogP contribution < -0.4 is 0 Å². The molecule has 2 heterocycles. The highest BCUT2D eigenvalue weighted by Crippen LogP contribution is 2.12. The smallest absolute Gasteiger partial charge is 0.158 e. The summed E-state index contributed by atoms with van der Waals surface area (Å²) in [5.74, 6) is 1.48. The summed E-state index contributed by atoms with van der Waals surface area (Å²) in [6.07, 6.45) is 3.69. The zero-order valence-electron chi connectivity index (χ0n) is 9.31. The van der Waals surface area contributed by atoms with Crippen LogP contribution >= 0.6 is 11.6 Å². The van der Waals surface area contributed by atoms with E-state index in [1.165, 1.54) is 0 Å². The Labute approximate surface area is 99.3 Å². The molecule has 0 unspecified atom stereocenters. The number of rotatable bonds is 3. The van der Waals surface area contributed by atoms with Crippen LogP contribution in [-0.4, -0.2) is 19.7 Å². The quantitative estimate of drug-likeness (QED) is 0.770. The normalized spacial score (nSPS) is 10.7. The average Bonchev–Trinajstić information content (AvgIpc) is 2.64. The summed E-state index contributed by atoms with van der Waals surface area (Å²) >= 11 is 5.95. The monoisotopic (exact) mass is 236 g/mol. The molecule has 0 fully saturated rings. The third-order valence-electron chi connectivity index (χ3n) is 2.16. The Morgan fingerprint density at radius 2 is 2.19 bits per heavy atom. The van der Waals surface area contributed by atoms with Gasteiger partial charge in [-0.05, 0) is 19.4 Å². The van der Waals surface area contributed by atoms with Crippen LogP contribution in [0.2, 0.25) is 5.15 Å². The molecular weight excluding hydrogens is 224 g/mol. The molecule has 0 bridgehead atoms. The van der Waals surface area contributed by atoms with E-state index >= 15 is 0 Å². The molecular formula is C11H13ClN4. The molecule has 2 aromatic rings. The van der Waals surface area contributed by atoms with Crippen LogP contribution in [0.4, 0.5) is 0 Å². The fourth-order valence-electron chi connectivity index (χ4n) is 1.45. The van der Waals surface area contributed by atoms with Gasteiger partial charge >= 0.3 is 0 Å². The van der Waals surface area contributed by atoms with Crippen LogP contribution in [-0.2, 0) is 6.42 Å². The van der Waals surface area contributed by atoms with Crippen molar-refractivity contribution in [3.63, 3.8) is 0 Å². The van der Waals surface area contributed by atoms with Crippen LogP contribution in [0, 0.1) is 6.92 Å². The Kier molecular flexibility index (Phi) is 3.19. The number of aromatic nitrogens is 4. The molecule has 0 saturated heterocycles. The van der Waals surface area contributed by atoms with Gasteiger partial charge in [0.2, 0.25) is 0 Å². The van der Waals surface area contributed by atoms with Crippen LogP contribution in [0.25, 0.3) is 5.82 Å². The van der Waals surface area contributed by atoms with Crippen LogP contribution in [0.5, 0.6) is 0 Å². The van der Waals surface area contributed by atoms with Gasteiger partial charge in [0.1, 0.15) is 11.0 Å². The molecule has 0 spiro atoms. The maximum atomic E-state index is 5.95. The zero-order chi connectivity index (χ0) is 11.5. The van der Waals surface area contributed by atoms with Crippen molar-refractivity contribution >= 4 is 11.6 Å². The zero-order valence-corrected chi connectivity index (χ0v) is 10.1. The molecule has 0 aromatic carbocycles. The highest BCUT2D eigenvalue weighted by atomic mass is 35.5. The van der Waals surface area contributed by atoms with Crippen molar-refractivity contribution in [1.29, 1.82) is 0 Å². The van der Waals surface area contributed by atoms with Crippen molar-refractivity contribution in [2.45, 2.75) is 26.7 Å². The molecule has 2 aromatic heterocycles. The van der Waals surface area contributed by atoms with Crippen molar-refractivity contribution in [3.8, 4) is 5.82 Å². The Balaban J connectivity index is 2.40. The Hall–Kier alpha value is -1.42. The molecule has 0 aliphatic heterocycles. The van der Waals surface area contributed by atoms with E-state index < -0.39 is 0 Å². The summed E-state index contributed by atoms with van der Waals surface area (Å²) in [6, 6.07) is 3.64. The lowest BCUT2D eigenvalue weighted by atomic mass is 10.3. The molecule has 0 aliphatic carbocycles. The van der Waals surface area contributed by atoms with E-state index in [1.807, 2.05) is 19.2 Å². The number of nitrogens with zero attached hydrogens (tertiary/aromatic N) is 4. The molecule has 0 N–H and O–H groups in total. The lowest BCUT2D eigenvalue weighted by Crippen LogP contribution is -2.03. The molecule has 2 rings (SSSR count). The predicted molar refractivity (Wildman–Crippen MR) is 62.9 cm³/mol. The number of aryl methyl sites for hydroxylation is 2. The summed E-state index contributed by atoms with van der Waals surface area (Å²) in [4.78, 5) is 8.58. The van der Waals surface area contributed by atoms with Crippen LogP contribution in [0.1, 0.15) is 24.9 Å². The van der Waals surface area contributed by atoms with Gasteiger partial charge in [-0.1, -0.05) is 18.5 Å². The average molecular weight is 237 g/mol. The van der Waals surface area contributed by atoms with Crippen molar-refractivity contribution in [2.24, 2.45) is 0 Å². The van der Waals surface area contributed by atoms with E-state index in [0.29, 0.717) is 5.15 Å². The summed E-state index contributed by atoms with van der Waals surface area (Å²) in [7, 11) is 0. The van der Waals surface area contributed by atoms with Gasteiger partial charge < -0.3 is 0 Å². The first-order valence-electron chi connectivity index (χ1n) is 5.25. The maximum Gasteiger partial charge on any atom is 0.158 e. The molecule has 0 radical (unpaired) electrons. The first-order chi connectivity index (χ1) is 7.69. The fraction of sp³-hybridized carbons (Fsp3) is 0.364. The molecule has 5 heteroatoms. The third kappa shape index (κ3) is 2.39. The largest absolute Gasteiger partial charge is 0.222 e. The first kappa shape index (κ1) is 11.1. The lowest BCUT2D eigenvalue weighted by molar-refractivity contribution is 0.779. The highest BCUT2D eigenvalue weighted by Gasteiger charge is 2.05. The first-order valence-corrected chi connectivity index (χ1v) is 5.63. The van der Waals surface area contributed by atoms with E-state index in [2.05, 4.69) is 22.0 Å². The minimum atomic E-state index is 0.460. The minimum Gasteiger partial charge on any atom is -0.222 e. The predicted octanol–water partition coefficient (Wildman–Crippen LogP) is 2.58. The van der Waals surface area contributed by atoms with Crippen LogP contribution in [0.3, 0.4) is 0 Å². The van der Waals surface area contributed by atoms with Gasteiger partial charge in [0.15, 0.2) is 5.82 Å². The number of halogens is 1. The fourth-order valence-corrected chi connectivity index (χ4v) is 1.64. The van der Waals surface area contributed by atoms with E-state index in [1.54, 1.807) is 10.7 Å². The van der Waals surface area contributed by atoms with Crippen molar-refractivity contribution in [2.75, 3.05) is 0 Å². The van der Waals surface area contributed by atoms with Crippen LogP contribution in [0.15, 0.2) is 18.3 Å². The molecule has 84 valence electrons. The molecule has 0 aliphatic rings. The summed E-state index contributed by atoms with van der Waals surface area (Å²) in [5.41, 5.74) is 0.951. The minimum absolute atomic E-state index is 0.460. The highest BCUT2D eigenvalue weighted by molar-refractivity contribution is 6.29. The third-order valence-corrected chi connectivity index (χ3v) is 2.35. The molecule has 0 amide bonds. The van der Waals surface area contributed by atoms with Gasteiger partial charge in [0.05, 0.1) is 5.69 Å². The van der Waals surface area contributed by atoms with Crippen molar-refractivity contribution in [1.82, 2.24) is 19.7 Å². The van der Waals surface area contributed by atoms with Gasteiger partial charge in [-0.15, -0.1) is 0 Å². The van der Waals surface area contributed by atoms with Gasteiger partial charge in [0.25, 0.3) is 0 Å². The molecule has 16 heavy (non-hydrogen) atoms.